The Morgan fingerprint density at radius 1 is 1.09 bits per heavy atom. The van der Waals surface area contributed by atoms with Gasteiger partial charge in [0.05, 0.1) is 26.3 Å². The number of carbonyl (C=O) groups excluding carboxylic acids is 1. The molecule has 1 amide bonds. The second kappa shape index (κ2) is 11.1. The molecule has 2 heterocycles. The van der Waals surface area contributed by atoms with Crippen molar-refractivity contribution in [2.75, 3.05) is 45.3 Å². The smallest absolute Gasteiger partial charge is 0.228 e. The number of aromatic nitrogens is 1. The maximum atomic E-state index is 12.8. The Hall–Kier alpha value is -2.42. The largest absolute Gasteiger partial charge is 0.497 e. The zero-order chi connectivity index (χ0) is 23.2. The number of thioether (sulfide) groups is 1. The minimum atomic E-state index is 0.125. The number of anilines is 1. The van der Waals surface area contributed by atoms with Crippen molar-refractivity contribution in [3.05, 3.63) is 64.1 Å². The molecule has 1 aliphatic heterocycles. The summed E-state index contributed by atoms with van der Waals surface area (Å²) in [5.74, 6) is 2.41. The van der Waals surface area contributed by atoms with Gasteiger partial charge in [-0.1, -0.05) is 29.4 Å². The van der Waals surface area contributed by atoms with Crippen LogP contribution in [0.3, 0.4) is 0 Å². The van der Waals surface area contributed by atoms with Gasteiger partial charge in [-0.05, 0) is 35.9 Å². The molecule has 0 unspecified atom stereocenters. The summed E-state index contributed by atoms with van der Waals surface area (Å²) in [6, 6.07) is 13.7. The molecule has 174 valence electrons. The highest BCUT2D eigenvalue weighted by atomic mass is 35.5. The van der Waals surface area contributed by atoms with E-state index in [0.29, 0.717) is 19.5 Å². The normalized spacial score (nSPS) is 13.8. The van der Waals surface area contributed by atoms with Crippen LogP contribution in [0.25, 0.3) is 0 Å². The third-order valence-corrected chi connectivity index (χ3v) is 7.82. The standard InChI is InChI=1S/C24H26ClN3O3S2/c1-30-21-10-17(11-22(14-21)31-2)15-32-24-26-19(16-33-24)13-23(29)28-8-6-27(7-9-28)20-5-3-4-18(25)12-20/h3-5,10-12,14,16H,6-9,13,15H2,1-2H3. The maximum absolute atomic E-state index is 12.8. The van der Waals surface area contributed by atoms with Gasteiger partial charge in [0.25, 0.3) is 0 Å². The summed E-state index contributed by atoms with van der Waals surface area (Å²) in [5, 5.41) is 2.71. The number of carbonyl (C=O) groups is 1. The minimum Gasteiger partial charge on any atom is -0.497 e. The molecule has 0 spiro atoms. The van der Waals surface area contributed by atoms with Crippen LogP contribution in [0.15, 0.2) is 52.2 Å². The molecule has 1 saturated heterocycles. The summed E-state index contributed by atoms with van der Waals surface area (Å²) in [4.78, 5) is 21.7. The lowest BCUT2D eigenvalue weighted by Crippen LogP contribution is -2.49. The van der Waals surface area contributed by atoms with Gasteiger partial charge in [-0.15, -0.1) is 11.3 Å². The molecule has 1 aliphatic rings. The highest BCUT2D eigenvalue weighted by molar-refractivity contribution is 8.00. The Bertz CT molecular complexity index is 1080. The number of thiazole rings is 1. The lowest BCUT2D eigenvalue weighted by atomic mass is 10.2. The van der Waals surface area contributed by atoms with Crippen LogP contribution in [-0.4, -0.2) is 56.2 Å². The molecule has 0 N–H and O–H groups in total. The quantitative estimate of drug-likeness (QED) is 0.403. The number of amides is 1. The Morgan fingerprint density at radius 2 is 1.82 bits per heavy atom. The van der Waals surface area contributed by atoms with E-state index in [1.54, 1.807) is 37.3 Å². The molecule has 0 aliphatic carbocycles. The molecule has 1 aromatic heterocycles. The van der Waals surface area contributed by atoms with Crippen LogP contribution in [-0.2, 0) is 17.0 Å². The van der Waals surface area contributed by atoms with Crippen molar-refractivity contribution in [2.45, 2.75) is 16.5 Å². The van der Waals surface area contributed by atoms with Crippen molar-refractivity contribution < 1.29 is 14.3 Å². The van der Waals surface area contributed by atoms with Crippen LogP contribution in [0.1, 0.15) is 11.3 Å². The third kappa shape index (κ3) is 6.34. The summed E-state index contributed by atoms with van der Waals surface area (Å²) < 4.78 is 11.6. The molecule has 6 nitrogen and oxygen atoms in total. The first-order chi connectivity index (χ1) is 16.0. The summed E-state index contributed by atoms with van der Waals surface area (Å²) in [6.07, 6.45) is 0.335. The molecule has 0 saturated carbocycles. The van der Waals surface area contributed by atoms with E-state index in [4.69, 9.17) is 21.1 Å². The lowest BCUT2D eigenvalue weighted by molar-refractivity contribution is -0.130. The van der Waals surface area contributed by atoms with Gasteiger partial charge >= 0.3 is 0 Å². The van der Waals surface area contributed by atoms with Gasteiger partial charge in [-0.2, -0.15) is 0 Å². The molecule has 33 heavy (non-hydrogen) atoms. The maximum Gasteiger partial charge on any atom is 0.228 e. The van der Waals surface area contributed by atoms with Crippen molar-refractivity contribution in [3.63, 3.8) is 0 Å². The number of benzene rings is 2. The highest BCUT2D eigenvalue weighted by Gasteiger charge is 2.22. The van der Waals surface area contributed by atoms with E-state index in [9.17, 15) is 4.79 Å². The van der Waals surface area contributed by atoms with Crippen molar-refractivity contribution in [2.24, 2.45) is 0 Å². The average Bonchev–Trinajstić information content (AvgIpc) is 3.29. The summed E-state index contributed by atoms with van der Waals surface area (Å²) >= 11 is 9.33. The van der Waals surface area contributed by atoms with Crippen LogP contribution in [0.2, 0.25) is 5.02 Å². The second-order valence-electron chi connectivity index (χ2n) is 7.64. The molecule has 4 rings (SSSR count). The second-order valence-corrected chi connectivity index (χ2v) is 10.2. The van der Waals surface area contributed by atoms with Gasteiger partial charge in [0.2, 0.25) is 5.91 Å². The van der Waals surface area contributed by atoms with Gasteiger partial charge < -0.3 is 19.3 Å². The van der Waals surface area contributed by atoms with Crippen LogP contribution >= 0.6 is 34.7 Å². The van der Waals surface area contributed by atoms with Gasteiger partial charge in [-0.3, -0.25) is 4.79 Å². The zero-order valence-electron chi connectivity index (χ0n) is 18.6. The number of ether oxygens (including phenoxy) is 2. The third-order valence-electron chi connectivity index (χ3n) is 5.44. The molecule has 0 atom stereocenters. The molecule has 3 aromatic rings. The van der Waals surface area contributed by atoms with Crippen LogP contribution in [0.4, 0.5) is 5.69 Å². The summed E-state index contributed by atoms with van der Waals surface area (Å²) in [5.41, 5.74) is 3.03. The van der Waals surface area contributed by atoms with E-state index in [-0.39, 0.29) is 5.91 Å². The lowest BCUT2D eigenvalue weighted by Gasteiger charge is -2.36. The minimum absolute atomic E-state index is 0.125. The van der Waals surface area contributed by atoms with E-state index < -0.39 is 0 Å². The number of methoxy groups -OCH3 is 2. The Kier molecular flexibility index (Phi) is 8.01. The predicted octanol–water partition coefficient (Wildman–Crippen LogP) is 5.00. The Labute approximate surface area is 207 Å². The Morgan fingerprint density at radius 3 is 2.48 bits per heavy atom. The van der Waals surface area contributed by atoms with Crippen LogP contribution < -0.4 is 14.4 Å². The number of halogens is 1. The summed E-state index contributed by atoms with van der Waals surface area (Å²) in [7, 11) is 3.29. The number of piperazine rings is 1. The molecule has 0 bridgehead atoms. The molecule has 9 heteroatoms. The molecule has 1 fully saturated rings. The molecule has 0 radical (unpaired) electrons. The van der Waals surface area contributed by atoms with E-state index in [1.165, 1.54) is 0 Å². The fourth-order valence-electron chi connectivity index (χ4n) is 3.68. The molecule has 2 aromatic carbocycles. The SMILES string of the molecule is COc1cc(CSc2nc(CC(=O)N3CCN(c4cccc(Cl)c4)CC3)cs2)cc(OC)c1. The first kappa shape index (κ1) is 23.7. The van der Waals surface area contributed by atoms with E-state index in [2.05, 4.69) is 16.0 Å². The number of hydrogen-bond donors (Lipinski definition) is 0. The highest BCUT2D eigenvalue weighted by Crippen LogP contribution is 2.30. The van der Waals surface area contributed by atoms with Crippen LogP contribution in [0.5, 0.6) is 11.5 Å². The number of nitrogens with zero attached hydrogens (tertiary/aromatic N) is 3. The van der Waals surface area contributed by atoms with Crippen molar-refractivity contribution in [1.82, 2.24) is 9.88 Å². The topological polar surface area (TPSA) is 54.9 Å². The van der Waals surface area contributed by atoms with Gasteiger partial charge in [0.1, 0.15) is 15.8 Å². The monoisotopic (exact) mass is 503 g/mol. The van der Waals surface area contributed by atoms with Crippen molar-refractivity contribution >= 4 is 46.3 Å². The average molecular weight is 504 g/mol. The first-order valence-electron chi connectivity index (χ1n) is 10.6. The predicted molar refractivity (Wildman–Crippen MR) is 135 cm³/mol. The van der Waals surface area contributed by atoms with Crippen molar-refractivity contribution in [1.29, 1.82) is 0 Å². The Balaban J connectivity index is 1.28. The van der Waals surface area contributed by atoms with Crippen molar-refractivity contribution in [3.8, 4) is 11.5 Å². The summed E-state index contributed by atoms with van der Waals surface area (Å²) in [6.45, 7) is 3.01. The van der Waals surface area contributed by atoms with Crippen LogP contribution in [0, 0.1) is 0 Å². The zero-order valence-corrected chi connectivity index (χ0v) is 21.0. The van der Waals surface area contributed by atoms with Gasteiger partial charge in [0.15, 0.2) is 0 Å². The van der Waals surface area contributed by atoms with E-state index in [0.717, 1.165) is 56.6 Å². The molecular weight excluding hydrogens is 478 g/mol. The van der Waals surface area contributed by atoms with Gasteiger partial charge in [-0.25, -0.2) is 4.98 Å². The number of rotatable bonds is 8. The van der Waals surface area contributed by atoms with E-state index in [1.807, 2.05) is 46.7 Å². The number of hydrogen-bond acceptors (Lipinski definition) is 7. The van der Waals surface area contributed by atoms with Gasteiger partial charge in [0, 0.05) is 54.1 Å². The fraction of sp³-hybridized carbons (Fsp3) is 0.333. The van der Waals surface area contributed by atoms with E-state index >= 15 is 0 Å². The fourth-order valence-corrected chi connectivity index (χ4v) is 5.64. The molecular formula is C24H26ClN3O3S2. The first-order valence-corrected chi connectivity index (χ1v) is 12.9.